The number of thiophene rings is 1. The Kier molecular flexibility index (Phi) is 4.39. The molecule has 0 atom stereocenters. The molecule has 4 aromatic rings. The molecule has 0 unspecified atom stereocenters. The smallest absolute Gasteiger partial charge is 0.240 e. The lowest BCUT2D eigenvalue weighted by atomic mass is 10.1. The van der Waals surface area contributed by atoms with Gasteiger partial charge in [-0.3, -0.25) is 0 Å². The van der Waals surface area contributed by atoms with Crippen LogP contribution in [0.4, 0.5) is 5.82 Å². The lowest BCUT2D eigenvalue weighted by Crippen LogP contribution is -2.06. The molecule has 4 rings (SSSR count). The number of nitrogens with zero attached hydrogens (tertiary/aromatic N) is 4. The zero-order valence-corrected chi connectivity index (χ0v) is 14.6. The van der Waals surface area contributed by atoms with E-state index in [-0.39, 0.29) is 0 Å². The molecule has 7 heteroatoms. The van der Waals surface area contributed by atoms with Crippen LogP contribution in [0.3, 0.4) is 0 Å². The summed E-state index contributed by atoms with van der Waals surface area (Å²) < 4.78 is 4.82. The summed E-state index contributed by atoms with van der Waals surface area (Å²) in [6.45, 7) is 2.90. The highest BCUT2D eigenvalue weighted by molar-refractivity contribution is 7.18. The largest absolute Gasteiger partial charge is 0.369 e. The fourth-order valence-electron chi connectivity index (χ4n) is 2.69. The monoisotopic (exact) mass is 351 g/mol. The molecular weight excluding hydrogens is 334 g/mol. The number of aryl methyl sites for hydroxylation is 2. The Hall–Kier alpha value is -2.80. The van der Waals surface area contributed by atoms with Crippen molar-refractivity contribution in [2.75, 3.05) is 11.9 Å². The van der Waals surface area contributed by atoms with Crippen LogP contribution in [0.15, 0.2) is 47.3 Å². The number of hydrogen-bond acceptors (Lipinski definition) is 7. The first-order chi connectivity index (χ1) is 12.3. The van der Waals surface area contributed by atoms with Crippen molar-refractivity contribution < 1.29 is 4.52 Å². The van der Waals surface area contributed by atoms with Crippen LogP contribution in [0.25, 0.3) is 21.9 Å². The van der Waals surface area contributed by atoms with Gasteiger partial charge < -0.3 is 9.84 Å². The van der Waals surface area contributed by atoms with Gasteiger partial charge in [-0.1, -0.05) is 35.5 Å². The quantitative estimate of drug-likeness (QED) is 0.527. The van der Waals surface area contributed by atoms with Crippen LogP contribution in [-0.4, -0.2) is 26.7 Å². The third-order valence-electron chi connectivity index (χ3n) is 3.85. The van der Waals surface area contributed by atoms with Gasteiger partial charge in [0.05, 0.1) is 5.39 Å². The number of anilines is 1. The Morgan fingerprint density at radius 2 is 2.00 bits per heavy atom. The molecule has 3 aromatic heterocycles. The summed E-state index contributed by atoms with van der Waals surface area (Å²) in [4.78, 5) is 15.3. The molecule has 0 bridgehead atoms. The van der Waals surface area contributed by atoms with Gasteiger partial charge in [0.1, 0.15) is 10.6 Å². The molecule has 0 radical (unpaired) electrons. The van der Waals surface area contributed by atoms with Gasteiger partial charge in [-0.25, -0.2) is 9.97 Å². The van der Waals surface area contributed by atoms with Gasteiger partial charge in [0.15, 0.2) is 0 Å². The molecule has 0 saturated carbocycles. The average molecular weight is 351 g/mol. The molecule has 0 aliphatic rings. The summed E-state index contributed by atoms with van der Waals surface area (Å²) in [6.07, 6.45) is 3.34. The molecule has 0 fully saturated rings. The van der Waals surface area contributed by atoms with Crippen molar-refractivity contribution >= 4 is 27.4 Å². The Morgan fingerprint density at radius 3 is 2.80 bits per heavy atom. The van der Waals surface area contributed by atoms with E-state index in [0.717, 1.165) is 35.4 Å². The zero-order valence-electron chi connectivity index (χ0n) is 13.8. The summed E-state index contributed by atoms with van der Waals surface area (Å²) in [7, 11) is 0. The van der Waals surface area contributed by atoms with E-state index in [1.165, 1.54) is 16.8 Å². The maximum absolute atomic E-state index is 4.82. The van der Waals surface area contributed by atoms with Crippen LogP contribution in [0, 0.1) is 6.92 Å². The second kappa shape index (κ2) is 6.98. The summed E-state index contributed by atoms with van der Waals surface area (Å²) >= 11 is 1.64. The molecule has 1 aromatic carbocycles. The zero-order chi connectivity index (χ0) is 17.1. The van der Waals surface area contributed by atoms with Crippen molar-refractivity contribution in [2.45, 2.75) is 19.8 Å². The standard InChI is InChI=1S/C18H17N5OS/c1-12-10-14-15(19-9-5-8-13-6-3-2-4-7-13)21-17(22-18(14)25-12)16-20-11-24-23-16/h2-4,6-7,10-11H,5,8-9H2,1H3,(H,19,21,22). The first-order valence-corrected chi connectivity index (χ1v) is 8.94. The van der Waals surface area contributed by atoms with E-state index in [1.54, 1.807) is 11.3 Å². The molecule has 6 nitrogen and oxygen atoms in total. The second-order valence-corrected chi connectivity index (χ2v) is 6.98. The van der Waals surface area contributed by atoms with Crippen molar-refractivity contribution in [2.24, 2.45) is 0 Å². The number of hydrogen-bond donors (Lipinski definition) is 1. The van der Waals surface area contributed by atoms with E-state index < -0.39 is 0 Å². The van der Waals surface area contributed by atoms with E-state index >= 15 is 0 Å². The predicted molar refractivity (Wildman–Crippen MR) is 98.7 cm³/mol. The van der Waals surface area contributed by atoms with Gasteiger partial charge >= 0.3 is 0 Å². The Labute approximate surface area is 149 Å². The first-order valence-electron chi connectivity index (χ1n) is 8.12. The van der Waals surface area contributed by atoms with Crippen molar-refractivity contribution in [3.8, 4) is 11.6 Å². The van der Waals surface area contributed by atoms with Crippen molar-refractivity contribution in [3.05, 3.63) is 53.2 Å². The molecule has 1 N–H and O–H groups in total. The van der Waals surface area contributed by atoms with Crippen LogP contribution < -0.4 is 5.32 Å². The SMILES string of the molecule is Cc1cc2c(NCCCc3ccccc3)nc(-c3ncon3)nc2s1. The van der Waals surface area contributed by atoms with Gasteiger partial charge in [0.25, 0.3) is 0 Å². The lowest BCUT2D eigenvalue weighted by molar-refractivity contribution is 0.418. The molecule has 0 spiro atoms. The molecule has 0 saturated heterocycles. The second-order valence-electron chi connectivity index (χ2n) is 5.74. The highest BCUT2D eigenvalue weighted by Gasteiger charge is 2.14. The number of nitrogens with one attached hydrogen (secondary N) is 1. The fraction of sp³-hybridized carbons (Fsp3) is 0.222. The summed E-state index contributed by atoms with van der Waals surface area (Å²) in [6, 6.07) is 12.6. The van der Waals surface area contributed by atoms with Gasteiger partial charge in [-0.2, -0.15) is 4.98 Å². The van der Waals surface area contributed by atoms with Gasteiger partial charge in [-0.15, -0.1) is 11.3 Å². The molecule has 0 aliphatic heterocycles. The molecular formula is C18H17N5OS. The number of aromatic nitrogens is 4. The normalized spacial score (nSPS) is 11.1. The molecule has 3 heterocycles. The van der Waals surface area contributed by atoms with Crippen molar-refractivity contribution in [1.29, 1.82) is 0 Å². The van der Waals surface area contributed by atoms with E-state index in [2.05, 4.69) is 62.7 Å². The minimum Gasteiger partial charge on any atom is -0.369 e. The predicted octanol–water partition coefficient (Wildman–Crippen LogP) is 4.09. The number of rotatable bonds is 6. The van der Waals surface area contributed by atoms with Crippen LogP contribution in [0.2, 0.25) is 0 Å². The molecule has 126 valence electrons. The topological polar surface area (TPSA) is 76.7 Å². The van der Waals surface area contributed by atoms with E-state index in [1.807, 2.05) is 6.07 Å². The van der Waals surface area contributed by atoms with E-state index in [0.29, 0.717) is 11.6 Å². The molecule has 0 aliphatic carbocycles. The summed E-state index contributed by atoms with van der Waals surface area (Å²) in [5.74, 6) is 1.70. The Bertz CT molecular complexity index is 966. The van der Waals surface area contributed by atoms with E-state index in [9.17, 15) is 0 Å². The highest BCUT2D eigenvalue weighted by atomic mass is 32.1. The minimum absolute atomic E-state index is 0.403. The summed E-state index contributed by atoms with van der Waals surface area (Å²) in [5.41, 5.74) is 1.34. The Morgan fingerprint density at radius 1 is 1.12 bits per heavy atom. The van der Waals surface area contributed by atoms with Crippen LogP contribution in [0.5, 0.6) is 0 Å². The molecule has 25 heavy (non-hydrogen) atoms. The van der Waals surface area contributed by atoms with Gasteiger partial charge in [-0.05, 0) is 31.4 Å². The number of benzene rings is 1. The maximum Gasteiger partial charge on any atom is 0.240 e. The van der Waals surface area contributed by atoms with Crippen LogP contribution in [0.1, 0.15) is 16.9 Å². The molecule has 0 amide bonds. The van der Waals surface area contributed by atoms with Crippen molar-refractivity contribution in [3.63, 3.8) is 0 Å². The van der Waals surface area contributed by atoms with E-state index in [4.69, 9.17) is 4.52 Å². The van der Waals surface area contributed by atoms with Gasteiger partial charge in [0.2, 0.25) is 18.0 Å². The Balaban J connectivity index is 1.53. The third-order valence-corrected chi connectivity index (χ3v) is 4.80. The maximum atomic E-state index is 4.82. The third kappa shape index (κ3) is 3.51. The summed E-state index contributed by atoms with van der Waals surface area (Å²) in [5, 5.41) is 8.32. The lowest BCUT2D eigenvalue weighted by Gasteiger charge is -2.08. The van der Waals surface area contributed by atoms with Crippen LogP contribution in [-0.2, 0) is 6.42 Å². The average Bonchev–Trinajstić information content (AvgIpc) is 3.28. The first kappa shape index (κ1) is 15.7. The highest BCUT2D eigenvalue weighted by Crippen LogP contribution is 2.30. The van der Waals surface area contributed by atoms with Gasteiger partial charge in [0, 0.05) is 11.4 Å². The fourth-order valence-corrected chi connectivity index (χ4v) is 3.57. The van der Waals surface area contributed by atoms with Crippen molar-refractivity contribution in [1.82, 2.24) is 20.1 Å². The minimum atomic E-state index is 0.403. The number of fused-ring (bicyclic) bond motifs is 1. The van der Waals surface area contributed by atoms with Crippen LogP contribution >= 0.6 is 11.3 Å².